The summed E-state index contributed by atoms with van der Waals surface area (Å²) in [4.78, 5) is 12.9. The third kappa shape index (κ3) is 1.19. The number of aliphatic hydroxyl groups is 1. The third-order valence-electron chi connectivity index (χ3n) is 5.20. The van der Waals surface area contributed by atoms with E-state index in [1.807, 2.05) is 12.2 Å². The lowest BCUT2D eigenvalue weighted by atomic mass is 9.50. The van der Waals surface area contributed by atoms with Gasteiger partial charge in [-0.25, -0.2) is 0 Å². The highest BCUT2D eigenvalue weighted by Crippen LogP contribution is 2.58. The number of aliphatic hydroxyl groups excluding tert-OH is 1. The van der Waals surface area contributed by atoms with Crippen LogP contribution in [0.5, 0.6) is 0 Å². The van der Waals surface area contributed by atoms with Crippen molar-refractivity contribution in [3.05, 3.63) is 12.2 Å². The minimum absolute atomic E-state index is 0.0304. The minimum atomic E-state index is -1.19. The molecule has 1 N–H and O–H groups in total. The second-order valence-corrected chi connectivity index (χ2v) is 5.68. The van der Waals surface area contributed by atoms with Gasteiger partial charge < -0.3 is 14.6 Å². The van der Waals surface area contributed by atoms with Crippen LogP contribution in [0.15, 0.2) is 12.2 Å². The topological polar surface area (TPSA) is 55.8 Å². The molecule has 100 valence electrons. The number of hydrogen-bond donors (Lipinski definition) is 1. The van der Waals surface area contributed by atoms with E-state index < -0.39 is 17.3 Å². The Morgan fingerprint density at radius 3 is 2.72 bits per heavy atom. The largest absolute Gasteiger partial charge is 0.392 e. The van der Waals surface area contributed by atoms with E-state index in [2.05, 4.69) is 0 Å². The van der Waals surface area contributed by atoms with Crippen molar-refractivity contribution in [2.75, 3.05) is 14.2 Å². The molecule has 0 amide bonds. The van der Waals surface area contributed by atoms with Crippen LogP contribution in [0, 0.1) is 17.3 Å². The smallest absolute Gasteiger partial charge is 0.235 e. The number of ketones is 1. The Bertz CT molecular complexity index is 399. The molecule has 4 aliphatic carbocycles. The summed E-state index contributed by atoms with van der Waals surface area (Å²) in [5, 5.41) is 10.4. The molecule has 0 aromatic heterocycles. The van der Waals surface area contributed by atoms with Crippen LogP contribution >= 0.6 is 0 Å². The van der Waals surface area contributed by atoms with Gasteiger partial charge in [0.05, 0.1) is 11.5 Å². The number of ether oxygens (including phenoxy) is 2. The van der Waals surface area contributed by atoms with Gasteiger partial charge in [0.25, 0.3) is 0 Å². The number of carbonyl (C=O) groups excluding carboxylic acids is 1. The standard InChI is InChI=1S/C14H20O4/c1-17-14(18-2)10-6-7-13(12(14)16)9(8-10)4-3-5-11(13)15/h6-7,9-11,15H,3-5,8H2,1-2H3/t9-,10?,11+,13?/m0/s1. The summed E-state index contributed by atoms with van der Waals surface area (Å²) in [6, 6.07) is 0. The Balaban J connectivity index is 2.12. The lowest BCUT2D eigenvalue weighted by molar-refractivity contribution is -0.256. The van der Waals surface area contributed by atoms with Crippen molar-refractivity contribution in [3.8, 4) is 0 Å². The molecule has 4 heteroatoms. The predicted octanol–water partition coefficient (Wildman–Crippen LogP) is 1.28. The van der Waals surface area contributed by atoms with Gasteiger partial charge in [0.1, 0.15) is 0 Å². The highest BCUT2D eigenvalue weighted by atomic mass is 16.7. The van der Waals surface area contributed by atoms with E-state index in [4.69, 9.17) is 9.47 Å². The number of hydrogen-bond acceptors (Lipinski definition) is 4. The van der Waals surface area contributed by atoms with Gasteiger partial charge in [-0.3, -0.25) is 4.79 Å². The zero-order chi connectivity index (χ0) is 13.0. The van der Waals surface area contributed by atoms with Gasteiger partial charge >= 0.3 is 0 Å². The van der Waals surface area contributed by atoms with Crippen molar-refractivity contribution in [1.82, 2.24) is 0 Å². The molecule has 0 aromatic carbocycles. The summed E-state index contributed by atoms with van der Waals surface area (Å²) >= 11 is 0. The Kier molecular flexibility index (Phi) is 2.66. The second-order valence-electron chi connectivity index (χ2n) is 5.68. The fourth-order valence-electron chi connectivity index (χ4n) is 4.26. The van der Waals surface area contributed by atoms with Gasteiger partial charge in [-0.05, 0) is 25.2 Å². The van der Waals surface area contributed by atoms with E-state index in [0.29, 0.717) is 6.42 Å². The SMILES string of the molecule is COC1(OC)C(=O)C23C=CC1C[C@@H]2CCC[C@H]3O. The highest BCUT2D eigenvalue weighted by Gasteiger charge is 2.67. The first kappa shape index (κ1) is 12.3. The number of carbonyl (C=O) groups is 1. The fourth-order valence-corrected chi connectivity index (χ4v) is 4.26. The van der Waals surface area contributed by atoms with Crippen LogP contribution in [0.1, 0.15) is 25.7 Å². The molecule has 2 bridgehead atoms. The maximum atomic E-state index is 12.9. The van der Waals surface area contributed by atoms with Crippen molar-refractivity contribution in [3.63, 3.8) is 0 Å². The van der Waals surface area contributed by atoms with E-state index in [9.17, 15) is 9.90 Å². The number of Topliss-reactive ketones (excluding diaryl/α,β-unsaturated/α-hetero) is 1. The van der Waals surface area contributed by atoms with Gasteiger partial charge in [-0.15, -0.1) is 0 Å². The van der Waals surface area contributed by atoms with Crippen LogP contribution in [0.2, 0.25) is 0 Å². The van der Waals surface area contributed by atoms with Crippen molar-refractivity contribution in [2.45, 2.75) is 37.6 Å². The normalized spacial score (nSPS) is 45.1. The zero-order valence-corrected chi connectivity index (χ0v) is 10.9. The lowest BCUT2D eigenvalue weighted by Gasteiger charge is -2.57. The summed E-state index contributed by atoms with van der Waals surface area (Å²) in [6.45, 7) is 0. The lowest BCUT2D eigenvalue weighted by Crippen LogP contribution is -2.68. The van der Waals surface area contributed by atoms with Gasteiger partial charge in [-0.2, -0.15) is 0 Å². The van der Waals surface area contributed by atoms with Crippen LogP contribution in [0.3, 0.4) is 0 Å². The molecule has 1 spiro atoms. The Morgan fingerprint density at radius 2 is 2.06 bits per heavy atom. The van der Waals surface area contributed by atoms with Crippen molar-refractivity contribution in [2.24, 2.45) is 17.3 Å². The maximum absolute atomic E-state index is 12.9. The van der Waals surface area contributed by atoms with Gasteiger partial charge in [0, 0.05) is 20.1 Å². The molecule has 0 heterocycles. The molecule has 4 aliphatic rings. The summed E-state index contributed by atoms with van der Waals surface area (Å²) in [5.41, 5.74) is -0.779. The summed E-state index contributed by atoms with van der Waals surface area (Å²) in [6.07, 6.45) is 6.86. The molecule has 4 rings (SSSR count). The molecule has 0 aliphatic heterocycles. The van der Waals surface area contributed by atoms with Crippen molar-refractivity contribution in [1.29, 1.82) is 0 Å². The van der Waals surface area contributed by atoms with E-state index in [0.717, 1.165) is 19.3 Å². The van der Waals surface area contributed by atoms with Crippen LogP contribution in [0.25, 0.3) is 0 Å². The molecule has 2 saturated carbocycles. The van der Waals surface area contributed by atoms with E-state index in [1.54, 1.807) is 0 Å². The third-order valence-corrected chi connectivity index (χ3v) is 5.20. The van der Waals surface area contributed by atoms with Crippen LogP contribution in [0.4, 0.5) is 0 Å². The minimum Gasteiger partial charge on any atom is -0.392 e. The van der Waals surface area contributed by atoms with Crippen molar-refractivity contribution >= 4 is 5.78 Å². The number of methoxy groups -OCH3 is 2. The van der Waals surface area contributed by atoms with Crippen LogP contribution in [-0.2, 0) is 14.3 Å². The average molecular weight is 252 g/mol. The first-order chi connectivity index (χ1) is 8.61. The van der Waals surface area contributed by atoms with Gasteiger partial charge in [0.15, 0.2) is 0 Å². The molecule has 0 aromatic rings. The average Bonchev–Trinajstić information content (AvgIpc) is 2.40. The van der Waals surface area contributed by atoms with Crippen LogP contribution < -0.4 is 0 Å². The molecule has 4 nitrogen and oxygen atoms in total. The Morgan fingerprint density at radius 1 is 1.33 bits per heavy atom. The first-order valence-corrected chi connectivity index (χ1v) is 6.64. The molecular formula is C14H20O4. The Labute approximate surface area is 107 Å². The van der Waals surface area contributed by atoms with Crippen LogP contribution in [-0.4, -0.2) is 37.0 Å². The molecule has 4 atom stereocenters. The predicted molar refractivity (Wildman–Crippen MR) is 64.8 cm³/mol. The molecule has 2 fully saturated rings. The first-order valence-electron chi connectivity index (χ1n) is 6.64. The maximum Gasteiger partial charge on any atom is 0.235 e. The summed E-state index contributed by atoms with van der Waals surface area (Å²) in [5.74, 6) is -1.07. The van der Waals surface area contributed by atoms with E-state index in [1.165, 1.54) is 14.2 Å². The summed E-state index contributed by atoms with van der Waals surface area (Å²) in [7, 11) is 3.02. The van der Waals surface area contributed by atoms with E-state index in [-0.39, 0.29) is 17.6 Å². The quantitative estimate of drug-likeness (QED) is 0.594. The zero-order valence-electron chi connectivity index (χ0n) is 10.9. The number of fused-ring (bicyclic) bond motifs is 1. The van der Waals surface area contributed by atoms with Crippen molar-refractivity contribution < 1.29 is 19.4 Å². The monoisotopic (exact) mass is 252 g/mol. The number of rotatable bonds is 2. The molecule has 0 saturated heterocycles. The van der Waals surface area contributed by atoms with Gasteiger partial charge in [0.2, 0.25) is 11.6 Å². The molecular weight excluding hydrogens is 232 g/mol. The second kappa shape index (κ2) is 3.89. The Hall–Kier alpha value is -0.710. The van der Waals surface area contributed by atoms with E-state index >= 15 is 0 Å². The molecule has 0 radical (unpaired) electrons. The van der Waals surface area contributed by atoms with Gasteiger partial charge in [-0.1, -0.05) is 18.6 Å². The fraction of sp³-hybridized carbons (Fsp3) is 0.786. The molecule has 2 unspecified atom stereocenters. The highest BCUT2D eigenvalue weighted by molar-refractivity contribution is 5.96. The molecule has 18 heavy (non-hydrogen) atoms. The summed E-state index contributed by atoms with van der Waals surface area (Å²) < 4.78 is 10.9.